The number of nitrogens with zero attached hydrogens (tertiary/aromatic N) is 3. The lowest BCUT2D eigenvalue weighted by Gasteiger charge is -2.33. The summed E-state index contributed by atoms with van der Waals surface area (Å²) in [6, 6.07) is 13.5. The predicted octanol–water partition coefficient (Wildman–Crippen LogP) is 2.36. The Bertz CT molecular complexity index is 716. The van der Waals surface area contributed by atoms with Gasteiger partial charge in [-0.1, -0.05) is 30.3 Å². The van der Waals surface area contributed by atoms with Crippen molar-refractivity contribution in [2.45, 2.75) is 37.8 Å². The molecule has 2 aromatic rings. The number of amides is 2. The molecule has 1 aliphatic rings. The van der Waals surface area contributed by atoms with E-state index in [1.807, 2.05) is 47.4 Å². The first-order valence-electron chi connectivity index (χ1n) is 9.39. The lowest BCUT2D eigenvalue weighted by molar-refractivity contribution is 0.0483. The van der Waals surface area contributed by atoms with Gasteiger partial charge in [0.25, 0.3) is 0 Å². The van der Waals surface area contributed by atoms with E-state index in [4.69, 9.17) is 0 Å². The zero-order valence-corrected chi connectivity index (χ0v) is 15.6. The summed E-state index contributed by atoms with van der Waals surface area (Å²) >= 11 is 0. The van der Waals surface area contributed by atoms with Gasteiger partial charge in [0.2, 0.25) is 0 Å². The number of piperidine rings is 1. The summed E-state index contributed by atoms with van der Waals surface area (Å²) in [5.41, 5.74) is -0.0996. The highest BCUT2D eigenvalue weighted by Gasteiger charge is 2.25. The molecule has 1 aromatic carbocycles. The van der Waals surface area contributed by atoms with E-state index in [0.717, 1.165) is 24.2 Å². The van der Waals surface area contributed by atoms with E-state index >= 15 is 0 Å². The summed E-state index contributed by atoms with van der Waals surface area (Å²) in [6.07, 6.45) is 3.85. The SMILES string of the molecule is CC(O)(CCNC(=O)N1CCC(Nc2cccnn2)CC1)c1ccccc1. The van der Waals surface area contributed by atoms with Crippen LogP contribution < -0.4 is 10.6 Å². The summed E-state index contributed by atoms with van der Waals surface area (Å²) in [7, 11) is 0. The van der Waals surface area contributed by atoms with E-state index in [-0.39, 0.29) is 6.03 Å². The smallest absolute Gasteiger partial charge is 0.317 e. The molecule has 27 heavy (non-hydrogen) atoms. The van der Waals surface area contributed by atoms with Gasteiger partial charge < -0.3 is 20.6 Å². The van der Waals surface area contributed by atoms with Gasteiger partial charge in [0.05, 0.1) is 5.60 Å². The quantitative estimate of drug-likeness (QED) is 0.727. The van der Waals surface area contributed by atoms with Crippen LogP contribution in [-0.4, -0.2) is 51.9 Å². The molecule has 1 atom stereocenters. The molecule has 0 aliphatic carbocycles. The van der Waals surface area contributed by atoms with Gasteiger partial charge in [-0.3, -0.25) is 0 Å². The second-order valence-electron chi connectivity index (χ2n) is 7.14. The van der Waals surface area contributed by atoms with Gasteiger partial charge in [-0.25, -0.2) is 4.79 Å². The zero-order chi connectivity index (χ0) is 19.1. The van der Waals surface area contributed by atoms with E-state index in [1.54, 1.807) is 13.1 Å². The van der Waals surface area contributed by atoms with Gasteiger partial charge in [0.15, 0.2) is 0 Å². The number of aliphatic hydroxyl groups is 1. The van der Waals surface area contributed by atoms with Crippen molar-refractivity contribution in [1.82, 2.24) is 20.4 Å². The van der Waals surface area contributed by atoms with Crippen molar-refractivity contribution < 1.29 is 9.90 Å². The summed E-state index contributed by atoms with van der Waals surface area (Å²) in [6.45, 7) is 3.59. The van der Waals surface area contributed by atoms with Crippen LogP contribution in [-0.2, 0) is 5.60 Å². The zero-order valence-electron chi connectivity index (χ0n) is 15.6. The van der Waals surface area contributed by atoms with Gasteiger partial charge in [-0.05, 0) is 43.9 Å². The number of aromatic nitrogens is 2. The average molecular weight is 369 g/mol. The number of hydrogen-bond donors (Lipinski definition) is 3. The second-order valence-corrected chi connectivity index (χ2v) is 7.14. The summed E-state index contributed by atoms with van der Waals surface area (Å²) in [5.74, 6) is 0.767. The summed E-state index contributed by atoms with van der Waals surface area (Å²) < 4.78 is 0. The number of carbonyl (C=O) groups excluding carboxylic acids is 1. The van der Waals surface area contributed by atoms with Gasteiger partial charge in [0.1, 0.15) is 5.82 Å². The van der Waals surface area contributed by atoms with E-state index in [1.165, 1.54) is 0 Å². The van der Waals surface area contributed by atoms with E-state index in [9.17, 15) is 9.90 Å². The first-order valence-corrected chi connectivity index (χ1v) is 9.39. The number of likely N-dealkylation sites (tertiary alicyclic amines) is 1. The van der Waals surface area contributed by atoms with Crippen LogP contribution in [0.15, 0.2) is 48.7 Å². The van der Waals surface area contributed by atoms with Gasteiger partial charge in [-0.2, -0.15) is 5.10 Å². The molecule has 1 aliphatic heterocycles. The fourth-order valence-electron chi connectivity index (χ4n) is 3.28. The second kappa shape index (κ2) is 8.81. The minimum absolute atomic E-state index is 0.0724. The predicted molar refractivity (Wildman–Crippen MR) is 104 cm³/mol. The number of hydrogen-bond acceptors (Lipinski definition) is 5. The van der Waals surface area contributed by atoms with Gasteiger partial charge in [0, 0.05) is 31.9 Å². The Labute approximate surface area is 159 Å². The molecule has 1 fully saturated rings. The summed E-state index contributed by atoms with van der Waals surface area (Å²) in [5, 5.41) is 24.8. The highest BCUT2D eigenvalue weighted by Crippen LogP contribution is 2.23. The molecule has 3 rings (SSSR count). The van der Waals surface area contributed by atoms with Crippen LogP contribution in [0.2, 0.25) is 0 Å². The van der Waals surface area contributed by atoms with Gasteiger partial charge >= 0.3 is 6.03 Å². The molecule has 144 valence electrons. The molecular formula is C20H27N5O2. The number of rotatable bonds is 6. The molecule has 0 bridgehead atoms. The molecule has 1 aromatic heterocycles. The van der Waals surface area contributed by atoms with Crippen molar-refractivity contribution in [1.29, 1.82) is 0 Å². The Kier molecular flexibility index (Phi) is 6.24. The fourth-order valence-corrected chi connectivity index (χ4v) is 3.28. The fraction of sp³-hybridized carbons (Fsp3) is 0.450. The van der Waals surface area contributed by atoms with Crippen molar-refractivity contribution in [3.8, 4) is 0 Å². The van der Waals surface area contributed by atoms with Crippen molar-refractivity contribution in [3.05, 3.63) is 54.2 Å². The average Bonchev–Trinajstić information content (AvgIpc) is 2.70. The lowest BCUT2D eigenvalue weighted by Crippen LogP contribution is -2.47. The summed E-state index contributed by atoms with van der Waals surface area (Å²) in [4.78, 5) is 14.2. The third-order valence-electron chi connectivity index (χ3n) is 4.99. The first kappa shape index (κ1) is 19.1. The minimum Gasteiger partial charge on any atom is -0.385 e. The maximum Gasteiger partial charge on any atom is 0.317 e. The van der Waals surface area contributed by atoms with Crippen molar-refractivity contribution in [2.24, 2.45) is 0 Å². The molecule has 0 saturated carbocycles. The third kappa shape index (κ3) is 5.40. The molecule has 7 nitrogen and oxygen atoms in total. The topological polar surface area (TPSA) is 90.4 Å². The van der Waals surface area contributed by atoms with Crippen LogP contribution in [0.4, 0.5) is 10.6 Å². The normalized spacial score (nSPS) is 17.2. The largest absolute Gasteiger partial charge is 0.385 e. The highest BCUT2D eigenvalue weighted by atomic mass is 16.3. The van der Waals surface area contributed by atoms with E-state index < -0.39 is 5.60 Å². The van der Waals surface area contributed by atoms with Crippen LogP contribution >= 0.6 is 0 Å². The molecule has 2 heterocycles. The highest BCUT2D eigenvalue weighted by molar-refractivity contribution is 5.74. The van der Waals surface area contributed by atoms with Crippen LogP contribution in [0.3, 0.4) is 0 Å². The Hall–Kier alpha value is -2.67. The Morgan fingerprint density at radius 3 is 2.63 bits per heavy atom. The minimum atomic E-state index is -0.956. The maximum absolute atomic E-state index is 12.4. The molecule has 0 spiro atoms. The molecular weight excluding hydrogens is 342 g/mol. The molecule has 3 N–H and O–H groups in total. The Morgan fingerprint density at radius 2 is 1.96 bits per heavy atom. The van der Waals surface area contributed by atoms with E-state index in [2.05, 4.69) is 20.8 Å². The number of carbonyl (C=O) groups is 1. The standard InChI is InChI=1S/C20H27N5O2/c1-20(27,16-6-3-2-4-7-16)11-13-21-19(26)25-14-9-17(10-15-25)23-18-8-5-12-22-24-18/h2-8,12,17,27H,9-11,13-15H2,1H3,(H,21,26)(H,23,24). The maximum atomic E-state index is 12.4. The van der Waals surface area contributed by atoms with Crippen LogP contribution in [0.5, 0.6) is 0 Å². The third-order valence-corrected chi connectivity index (χ3v) is 4.99. The Morgan fingerprint density at radius 1 is 1.22 bits per heavy atom. The van der Waals surface area contributed by atoms with E-state index in [0.29, 0.717) is 32.1 Å². The number of nitrogens with one attached hydrogen (secondary N) is 2. The van der Waals surface area contributed by atoms with Crippen molar-refractivity contribution in [3.63, 3.8) is 0 Å². The molecule has 0 radical (unpaired) electrons. The molecule has 2 amide bonds. The van der Waals surface area contributed by atoms with Gasteiger partial charge in [-0.15, -0.1) is 5.10 Å². The monoisotopic (exact) mass is 369 g/mol. The first-order chi connectivity index (χ1) is 13.0. The Balaban J connectivity index is 1.39. The number of urea groups is 1. The number of benzene rings is 1. The van der Waals surface area contributed by atoms with Crippen molar-refractivity contribution in [2.75, 3.05) is 25.0 Å². The van der Waals surface area contributed by atoms with Crippen molar-refractivity contribution >= 4 is 11.8 Å². The van der Waals surface area contributed by atoms with Crippen LogP contribution in [0, 0.1) is 0 Å². The number of anilines is 1. The molecule has 1 unspecified atom stereocenters. The lowest BCUT2D eigenvalue weighted by atomic mass is 9.93. The van der Waals surface area contributed by atoms with Crippen LogP contribution in [0.25, 0.3) is 0 Å². The molecule has 7 heteroatoms. The van der Waals surface area contributed by atoms with Crippen LogP contribution in [0.1, 0.15) is 31.7 Å². The molecule has 1 saturated heterocycles.